The number of aromatic nitrogens is 1. The molecule has 0 bridgehead atoms. The fourth-order valence-corrected chi connectivity index (χ4v) is 2.25. The number of rotatable bonds is 1. The molecule has 0 fully saturated rings. The highest BCUT2D eigenvalue weighted by Gasteiger charge is 2.21. The van der Waals surface area contributed by atoms with Gasteiger partial charge >= 0.3 is 0 Å². The molecule has 2 aromatic rings. The first-order chi connectivity index (χ1) is 7.93. The second-order valence-electron chi connectivity index (χ2n) is 5.27. The topological polar surface area (TPSA) is 38.9 Å². The Kier molecular flexibility index (Phi) is 2.87. The van der Waals surface area contributed by atoms with Gasteiger partial charge in [-0.3, -0.25) is 4.98 Å². The number of halogens is 1. The van der Waals surface area contributed by atoms with Crippen LogP contribution in [0.4, 0.5) is 4.39 Å². The summed E-state index contributed by atoms with van der Waals surface area (Å²) in [7, 11) is 0. The zero-order valence-corrected chi connectivity index (χ0v) is 10.4. The number of fused-ring (bicyclic) bond motifs is 1. The molecule has 0 aliphatic rings. The van der Waals surface area contributed by atoms with Gasteiger partial charge in [0.05, 0.1) is 5.52 Å². The molecule has 1 heterocycles. The Bertz CT molecular complexity index is 556. The molecule has 2 N–H and O–H groups in total. The summed E-state index contributed by atoms with van der Waals surface area (Å²) >= 11 is 0. The lowest BCUT2D eigenvalue weighted by atomic mass is 9.82. The molecule has 0 unspecified atom stereocenters. The van der Waals surface area contributed by atoms with Crippen molar-refractivity contribution in [1.82, 2.24) is 4.98 Å². The normalized spacial score (nSPS) is 12.1. The molecular formula is C14H17FN2. The van der Waals surface area contributed by atoms with E-state index in [0.717, 1.165) is 16.5 Å². The van der Waals surface area contributed by atoms with Crippen molar-refractivity contribution >= 4 is 10.9 Å². The zero-order chi connectivity index (χ0) is 12.6. The first-order valence-corrected chi connectivity index (χ1v) is 5.71. The highest BCUT2D eigenvalue weighted by Crippen LogP contribution is 2.32. The molecule has 0 atom stereocenters. The van der Waals surface area contributed by atoms with Crippen LogP contribution in [0, 0.1) is 5.82 Å². The molecule has 90 valence electrons. The van der Waals surface area contributed by atoms with Crippen molar-refractivity contribution < 1.29 is 4.39 Å². The minimum Gasteiger partial charge on any atom is -0.326 e. The Morgan fingerprint density at radius 3 is 2.59 bits per heavy atom. The van der Waals surface area contributed by atoms with E-state index in [4.69, 9.17) is 5.73 Å². The summed E-state index contributed by atoms with van der Waals surface area (Å²) in [5.41, 5.74) is 8.59. The largest absolute Gasteiger partial charge is 0.326 e. The number of hydrogen-bond donors (Lipinski definition) is 1. The number of benzene rings is 1. The Morgan fingerprint density at radius 1 is 1.29 bits per heavy atom. The van der Waals surface area contributed by atoms with Gasteiger partial charge in [0.25, 0.3) is 0 Å². The van der Waals surface area contributed by atoms with E-state index < -0.39 is 0 Å². The quantitative estimate of drug-likeness (QED) is 0.820. The fourth-order valence-electron chi connectivity index (χ4n) is 2.25. The van der Waals surface area contributed by atoms with Crippen molar-refractivity contribution in [3.63, 3.8) is 0 Å². The summed E-state index contributed by atoms with van der Waals surface area (Å²) in [4.78, 5) is 4.27. The third-order valence-corrected chi connectivity index (χ3v) is 2.88. The van der Waals surface area contributed by atoms with Crippen molar-refractivity contribution in [3.8, 4) is 0 Å². The second-order valence-corrected chi connectivity index (χ2v) is 5.27. The molecule has 0 aliphatic heterocycles. The van der Waals surface area contributed by atoms with Crippen molar-refractivity contribution in [2.45, 2.75) is 32.7 Å². The van der Waals surface area contributed by atoms with Crippen LogP contribution >= 0.6 is 0 Å². The lowest BCUT2D eigenvalue weighted by Crippen LogP contribution is -2.17. The lowest BCUT2D eigenvalue weighted by Gasteiger charge is -2.24. The molecule has 17 heavy (non-hydrogen) atoms. The molecule has 0 spiro atoms. The molecule has 0 saturated heterocycles. The van der Waals surface area contributed by atoms with Crippen LogP contribution in [0.2, 0.25) is 0 Å². The van der Waals surface area contributed by atoms with Crippen LogP contribution in [0.15, 0.2) is 24.4 Å². The maximum atomic E-state index is 13.2. The van der Waals surface area contributed by atoms with Gasteiger partial charge in [0.1, 0.15) is 5.82 Å². The Hall–Kier alpha value is -1.48. The summed E-state index contributed by atoms with van der Waals surface area (Å²) in [5.74, 6) is -0.259. The van der Waals surface area contributed by atoms with Gasteiger partial charge in [-0.2, -0.15) is 0 Å². The molecule has 2 nitrogen and oxygen atoms in total. The van der Waals surface area contributed by atoms with E-state index >= 15 is 0 Å². The molecule has 0 saturated carbocycles. The molecule has 0 radical (unpaired) electrons. The minimum atomic E-state index is -0.259. The van der Waals surface area contributed by atoms with Crippen molar-refractivity contribution in [3.05, 3.63) is 41.3 Å². The number of hydrogen-bond acceptors (Lipinski definition) is 2. The summed E-state index contributed by atoms with van der Waals surface area (Å²) in [6.45, 7) is 6.84. The highest BCUT2D eigenvalue weighted by molar-refractivity contribution is 5.84. The third kappa shape index (κ3) is 2.15. The van der Waals surface area contributed by atoms with Gasteiger partial charge in [0.2, 0.25) is 0 Å². The number of nitrogens with two attached hydrogens (primary N) is 1. The molecule has 0 aliphatic carbocycles. The van der Waals surface area contributed by atoms with Gasteiger partial charge in [-0.05, 0) is 28.7 Å². The molecule has 2 rings (SSSR count). The van der Waals surface area contributed by atoms with Crippen LogP contribution in [0.25, 0.3) is 10.9 Å². The number of nitrogens with zero attached hydrogens (tertiary/aromatic N) is 1. The second kappa shape index (κ2) is 4.08. The summed E-state index contributed by atoms with van der Waals surface area (Å²) < 4.78 is 13.2. The first kappa shape index (κ1) is 12.0. The van der Waals surface area contributed by atoms with Gasteiger partial charge in [0, 0.05) is 24.2 Å². The monoisotopic (exact) mass is 232 g/mol. The van der Waals surface area contributed by atoms with Crippen LogP contribution in [0.5, 0.6) is 0 Å². The third-order valence-electron chi connectivity index (χ3n) is 2.88. The predicted octanol–water partition coefficient (Wildman–Crippen LogP) is 3.13. The number of pyridine rings is 1. The smallest absolute Gasteiger partial charge is 0.125 e. The Labute approximate surface area is 101 Å². The van der Waals surface area contributed by atoms with E-state index in [1.54, 1.807) is 12.3 Å². The standard InChI is InChI=1S/C14H17FN2/c1-14(2,3)13-9(7-16)8-17-12-6-10(15)4-5-11(12)13/h4-6,8H,7,16H2,1-3H3. The van der Waals surface area contributed by atoms with Gasteiger partial charge < -0.3 is 5.73 Å². The molecule has 1 aromatic heterocycles. The van der Waals surface area contributed by atoms with E-state index in [1.165, 1.54) is 12.1 Å². The zero-order valence-electron chi connectivity index (χ0n) is 10.4. The van der Waals surface area contributed by atoms with Crippen LogP contribution in [-0.2, 0) is 12.0 Å². The maximum Gasteiger partial charge on any atom is 0.125 e. The van der Waals surface area contributed by atoms with Gasteiger partial charge in [-0.25, -0.2) is 4.39 Å². The Balaban J connectivity index is 2.84. The van der Waals surface area contributed by atoms with Crippen LogP contribution < -0.4 is 5.73 Å². The highest BCUT2D eigenvalue weighted by atomic mass is 19.1. The van der Waals surface area contributed by atoms with E-state index in [1.807, 2.05) is 0 Å². The van der Waals surface area contributed by atoms with Crippen LogP contribution in [0.3, 0.4) is 0 Å². The van der Waals surface area contributed by atoms with E-state index in [9.17, 15) is 4.39 Å². The lowest BCUT2D eigenvalue weighted by molar-refractivity contribution is 0.587. The molecule has 1 aromatic carbocycles. The van der Waals surface area contributed by atoms with Crippen molar-refractivity contribution in [2.24, 2.45) is 5.73 Å². The maximum absolute atomic E-state index is 13.2. The van der Waals surface area contributed by atoms with Gasteiger partial charge in [-0.15, -0.1) is 0 Å². The van der Waals surface area contributed by atoms with Gasteiger partial charge in [-0.1, -0.05) is 20.8 Å². The SMILES string of the molecule is CC(C)(C)c1c(CN)cnc2cc(F)ccc12. The van der Waals surface area contributed by atoms with Crippen molar-refractivity contribution in [1.29, 1.82) is 0 Å². The van der Waals surface area contributed by atoms with Crippen LogP contribution in [0.1, 0.15) is 31.9 Å². The van der Waals surface area contributed by atoms with Crippen molar-refractivity contribution in [2.75, 3.05) is 0 Å². The van der Waals surface area contributed by atoms with Crippen LogP contribution in [-0.4, -0.2) is 4.98 Å². The molecule has 3 heteroatoms. The van der Waals surface area contributed by atoms with E-state index in [2.05, 4.69) is 25.8 Å². The Morgan fingerprint density at radius 2 is 2.00 bits per heavy atom. The van der Waals surface area contributed by atoms with E-state index in [-0.39, 0.29) is 11.2 Å². The van der Waals surface area contributed by atoms with E-state index in [0.29, 0.717) is 12.1 Å². The molecular weight excluding hydrogens is 215 g/mol. The first-order valence-electron chi connectivity index (χ1n) is 5.71. The summed E-state index contributed by atoms with van der Waals surface area (Å²) in [6.07, 6.45) is 1.75. The van der Waals surface area contributed by atoms with Gasteiger partial charge in [0.15, 0.2) is 0 Å². The molecule has 0 amide bonds. The summed E-state index contributed by atoms with van der Waals surface area (Å²) in [5, 5.41) is 0.988. The summed E-state index contributed by atoms with van der Waals surface area (Å²) in [6, 6.07) is 4.72. The average Bonchev–Trinajstić information content (AvgIpc) is 2.25. The predicted molar refractivity (Wildman–Crippen MR) is 68.3 cm³/mol. The average molecular weight is 232 g/mol. The fraction of sp³-hybridized carbons (Fsp3) is 0.357. The minimum absolute atomic E-state index is 0.0340.